The molecule has 25 heavy (non-hydrogen) atoms. The molecule has 3 aromatic rings. The van der Waals surface area contributed by atoms with Gasteiger partial charge < -0.3 is 10.1 Å². The van der Waals surface area contributed by atoms with E-state index in [1.165, 1.54) is 18.9 Å². The predicted octanol–water partition coefficient (Wildman–Crippen LogP) is 3.30. The molecule has 1 aromatic heterocycles. The number of ether oxygens (including phenoxy) is 1. The molecule has 2 aromatic carbocycles. The molecule has 1 amide bonds. The number of hydrogen-bond donors (Lipinski definition) is 1. The Hall–Kier alpha value is -2.58. The molecular formula is C16H14ClN5O2S. The molecule has 0 unspecified atom stereocenters. The molecule has 7 nitrogen and oxygen atoms in total. The highest BCUT2D eigenvalue weighted by Gasteiger charge is 2.12. The van der Waals surface area contributed by atoms with Crippen molar-refractivity contribution in [3.05, 3.63) is 53.1 Å². The number of hydrogen-bond acceptors (Lipinski definition) is 6. The molecule has 0 fully saturated rings. The van der Waals surface area contributed by atoms with Gasteiger partial charge in [0.25, 0.3) is 5.91 Å². The van der Waals surface area contributed by atoms with Crippen LogP contribution in [0.3, 0.4) is 0 Å². The van der Waals surface area contributed by atoms with E-state index in [9.17, 15) is 4.79 Å². The van der Waals surface area contributed by atoms with Crippen LogP contribution >= 0.6 is 23.4 Å². The van der Waals surface area contributed by atoms with Crippen LogP contribution in [0.1, 0.15) is 10.4 Å². The summed E-state index contributed by atoms with van der Waals surface area (Å²) in [6.07, 6.45) is 1.89. The Morgan fingerprint density at radius 2 is 2.00 bits per heavy atom. The topological polar surface area (TPSA) is 81.9 Å². The first-order valence-electron chi connectivity index (χ1n) is 7.20. The van der Waals surface area contributed by atoms with Crippen LogP contribution in [-0.2, 0) is 0 Å². The Morgan fingerprint density at radius 3 is 2.68 bits per heavy atom. The lowest BCUT2D eigenvalue weighted by Gasteiger charge is -2.11. The summed E-state index contributed by atoms with van der Waals surface area (Å²) in [5.41, 5.74) is 1.77. The van der Waals surface area contributed by atoms with Crippen molar-refractivity contribution in [2.24, 2.45) is 0 Å². The van der Waals surface area contributed by atoms with Gasteiger partial charge in [0.15, 0.2) is 0 Å². The summed E-state index contributed by atoms with van der Waals surface area (Å²) in [6.45, 7) is 0. The van der Waals surface area contributed by atoms with Crippen molar-refractivity contribution in [2.75, 3.05) is 18.7 Å². The molecule has 0 aliphatic rings. The lowest BCUT2D eigenvalue weighted by atomic mass is 10.2. The zero-order valence-electron chi connectivity index (χ0n) is 13.4. The van der Waals surface area contributed by atoms with Crippen LogP contribution in [0.2, 0.25) is 5.02 Å². The highest BCUT2D eigenvalue weighted by atomic mass is 35.5. The fourth-order valence-corrected chi connectivity index (χ4v) is 2.80. The lowest BCUT2D eigenvalue weighted by Crippen LogP contribution is -2.13. The van der Waals surface area contributed by atoms with E-state index in [1.54, 1.807) is 47.1 Å². The SMILES string of the molecule is COc1ccc(Cl)cc1NC(=O)c1ccc(-n2nnnc2SC)cc1. The summed E-state index contributed by atoms with van der Waals surface area (Å²) >= 11 is 7.42. The van der Waals surface area contributed by atoms with Crippen molar-refractivity contribution in [3.63, 3.8) is 0 Å². The zero-order chi connectivity index (χ0) is 17.8. The molecular weight excluding hydrogens is 362 g/mol. The summed E-state index contributed by atoms with van der Waals surface area (Å²) in [5.74, 6) is 0.265. The van der Waals surface area contributed by atoms with Crippen molar-refractivity contribution >= 4 is 35.0 Å². The third-order valence-electron chi connectivity index (χ3n) is 3.41. The molecule has 0 bridgehead atoms. The van der Waals surface area contributed by atoms with Gasteiger partial charge in [-0.05, 0) is 59.1 Å². The summed E-state index contributed by atoms with van der Waals surface area (Å²) in [4.78, 5) is 12.5. The number of carbonyl (C=O) groups is 1. The number of nitrogens with zero attached hydrogens (tertiary/aromatic N) is 4. The van der Waals surface area contributed by atoms with Crippen LogP contribution < -0.4 is 10.1 Å². The summed E-state index contributed by atoms with van der Waals surface area (Å²) < 4.78 is 6.83. The summed E-state index contributed by atoms with van der Waals surface area (Å²) in [5, 5.41) is 15.5. The standard InChI is InChI=1S/C16H14ClN5O2S/c1-24-14-8-5-11(17)9-13(14)18-15(23)10-3-6-12(7-4-10)22-16(25-2)19-20-21-22/h3-9H,1-2H3,(H,18,23). The molecule has 0 atom stereocenters. The van der Waals surface area contributed by atoms with Crippen LogP contribution in [0, 0.1) is 0 Å². The number of tetrazole rings is 1. The maximum Gasteiger partial charge on any atom is 0.255 e. The van der Waals surface area contributed by atoms with Crippen molar-refractivity contribution in [3.8, 4) is 11.4 Å². The minimum absolute atomic E-state index is 0.270. The minimum atomic E-state index is -0.270. The Bertz CT molecular complexity index is 898. The van der Waals surface area contributed by atoms with Gasteiger partial charge in [-0.3, -0.25) is 4.79 Å². The Kier molecular flexibility index (Phi) is 5.20. The molecule has 0 saturated carbocycles. The highest BCUT2D eigenvalue weighted by Crippen LogP contribution is 2.28. The Labute approximate surface area is 153 Å². The van der Waals surface area contributed by atoms with E-state index in [-0.39, 0.29) is 5.91 Å². The molecule has 0 aliphatic heterocycles. The number of rotatable bonds is 5. The monoisotopic (exact) mass is 375 g/mol. The fraction of sp³-hybridized carbons (Fsp3) is 0.125. The molecule has 0 aliphatic carbocycles. The summed E-state index contributed by atoms with van der Waals surface area (Å²) in [6, 6.07) is 12.0. The average Bonchev–Trinajstić information content (AvgIpc) is 3.11. The molecule has 0 radical (unpaired) electrons. The molecule has 0 saturated heterocycles. The normalized spacial score (nSPS) is 10.5. The maximum absolute atomic E-state index is 12.5. The Balaban J connectivity index is 1.81. The van der Waals surface area contributed by atoms with Gasteiger partial charge in [-0.25, -0.2) is 0 Å². The quantitative estimate of drug-likeness (QED) is 0.689. The zero-order valence-corrected chi connectivity index (χ0v) is 15.0. The van der Waals surface area contributed by atoms with Crippen LogP contribution in [0.5, 0.6) is 5.75 Å². The molecule has 128 valence electrons. The van der Waals surface area contributed by atoms with E-state index < -0.39 is 0 Å². The van der Waals surface area contributed by atoms with Crippen molar-refractivity contribution in [1.82, 2.24) is 20.2 Å². The third kappa shape index (κ3) is 3.75. The second kappa shape index (κ2) is 7.54. The second-order valence-electron chi connectivity index (χ2n) is 4.92. The number of methoxy groups -OCH3 is 1. The largest absolute Gasteiger partial charge is 0.495 e. The van der Waals surface area contributed by atoms with E-state index in [2.05, 4.69) is 20.8 Å². The van der Waals surface area contributed by atoms with Gasteiger partial charge in [0.1, 0.15) is 5.75 Å². The van der Waals surface area contributed by atoms with E-state index in [1.807, 2.05) is 6.26 Å². The lowest BCUT2D eigenvalue weighted by molar-refractivity contribution is 0.102. The number of amides is 1. The van der Waals surface area contributed by atoms with E-state index in [0.29, 0.717) is 27.2 Å². The van der Waals surface area contributed by atoms with Crippen LogP contribution in [0.4, 0.5) is 5.69 Å². The first kappa shape index (κ1) is 17.2. The maximum atomic E-state index is 12.5. The highest BCUT2D eigenvalue weighted by molar-refractivity contribution is 7.98. The van der Waals surface area contributed by atoms with Crippen LogP contribution in [-0.4, -0.2) is 39.5 Å². The first-order valence-corrected chi connectivity index (χ1v) is 8.80. The number of aromatic nitrogens is 4. The number of carbonyl (C=O) groups excluding carboxylic acids is 1. The fourth-order valence-electron chi connectivity index (χ4n) is 2.19. The molecule has 1 heterocycles. The number of thioether (sulfide) groups is 1. The van der Waals surface area contributed by atoms with Gasteiger partial charge >= 0.3 is 0 Å². The predicted molar refractivity (Wildman–Crippen MR) is 96.9 cm³/mol. The van der Waals surface area contributed by atoms with Crippen LogP contribution in [0.15, 0.2) is 47.6 Å². The smallest absolute Gasteiger partial charge is 0.255 e. The number of benzene rings is 2. The molecule has 3 rings (SSSR count). The van der Waals surface area contributed by atoms with Crippen LogP contribution in [0.25, 0.3) is 5.69 Å². The van der Waals surface area contributed by atoms with Gasteiger partial charge in [-0.2, -0.15) is 4.68 Å². The van der Waals surface area contributed by atoms with Gasteiger partial charge in [0.05, 0.1) is 18.5 Å². The van der Waals surface area contributed by atoms with Crippen molar-refractivity contribution in [1.29, 1.82) is 0 Å². The number of nitrogens with one attached hydrogen (secondary N) is 1. The van der Waals surface area contributed by atoms with E-state index in [0.717, 1.165) is 5.69 Å². The third-order valence-corrected chi connectivity index (χ3v) is 4.26. The van der Waals surface area contributed by atoms with Gasteiger partial charge in [0, 0.05) is 10.6 Å². The second-order valence-corrected chi connectivity index (χ2v) is 6.13. The van der Waals surface area contributed by atoms with Gasteiger partial charge in [-0.15, -0.1) is 5.10 Å². The van der Waals surface area contributed by atoms with Gasteiger partial charge in [-0.1, -0.05) is 23.4 Å². The average molecular weight is 376 g/mol. The number of halogens is 1. The van der Waals surface area contributed by atoms with Crippen molar-refractivity contribution in [2.45, 2.75) is 5.16 Å². The summed E-state index contributed by atoms with van der Waals surface area (Å²) in [7, 11) is 1.53. The van der Waals surface area contributed by atoms with E-state index in [4.69, 9.17) is 16.3 Å². The number of anilines is 1. The first-order chi connectivity index (χ1) is 12.1. The molecule has 0 spiro atoms. The molecule has 9 heteroatoms. The van der Waals surface area contributed by atoms with E-state index >= 15 is 0 Å². The minimum Gasteiger partial charge on any atom is -0.495 e. The molecule has 1 N–H and O–H groups in total. The van der Waals surface area contributed by atoms with Crippen molar-refractivity contribution < 1.29 is 9.53 Å². The van der Waals surface area contributed by atoms with Gasteiger partial charge in [0.2, 0.25) is 5.16 Å². The Morgan fingerprint density at radius 1 is 1.24 bits per heavy atom.